The van der Waals surface area contributed by atoms with Crippen LogP contribution in [0, 0.1) is 16.0 Å². The lowest BCUT2D eigenvalue weighted by Gasteiger charge is -2.11. The maximum absolute atomic E-state index is 10.8. The van der Waals surface area contributed by atoms with E-state index in [0.717, 1.165) is 18.6 Å². The summed E-state index contributed by atoms with van der Waals surface area (Å²) in [7, 11) is 0. The van der Waals surface area contributed by atoms with Crippen molar-refractivity contribution < 1.29 is 9.66 Å². The Bertz CT molecular complexity index is 414. The second kappa shape index (κ2) is 7.48. The fourth-order valence-electron chi connectivity index (χ4n) is 1.49. The van der Waals surface area contributed by atoms with Gasteiger partial charge in [0.2, 0.25) is 0 Å². The standard InChI is InChI=1S/C12H16ClNO3S/c1-9(5-7-18)4-6-17-12-3-2-10(13)8-11(12)14(15)16/h2-3,8-9,18H,4-7H2,1H3. The number of nitrogens with zero attached hydrogens (tertiary/aromatic N) is 1. The lowest BCUT2D eigenvalue weighted by molar-refractivity contribution is -0.385. The highest BCUT2D eigenvalue weighted by atomic mass is 35.5. The maximum Gasteiger partial charge on any atom is 0.312 e. The van der Waals surface area contributed by atoms with Crippen molar-refractivity contribution in [3.05, 3.63) is 33.3 Å². The summed E-state index contributed by atoms with van der Waals surface area (Å²) in [5, 5.41) is 11.2. The molecule has 6 heteroatoms. The van der Waals surface area contributed by atoms with E-state index < -0.39 is 4.92 Å². The Hall–Kier alpha value is -0.940. The van der Waals surface area contributed by atoms with Gasteiger partial charge in [0.1, 0.15) is 0 Å². The van der Waals surface area contributed by atoms with Gasteiger partial charge < -0.3 is 4.74 Å². The van der Waals surface area contributed by atoms with Crippen LogP contribution >= 0.6 is 24.2 Å². The van der Waals surface area contributed by atoms with Crippen LogP contribution in [0.2, 0.25) is 5.02 Å². The summed E-state index contributed by atoms with van der Waals surface area (Å²) >= 11 is 9.88. The molecule has 0 aliphatic rings. The molecule has 1 rings (SSSR count). The van der Waals surface area contributed by atoms with E-state index in [9.17, 15) is 10.1 Å². The highest BCUT2D eigenvalue weighted by Gasteiger charge is 2.15. The molecule has 0 spiro atoms. The summed E-state index contributed by atoms with van der Waals surface area (Å²) in [6.45, 7) is 2.56. The Balaban J connectivity index is 2.59. The minimum atomic E-state index is -0.488. The van der Waals surface area contributed by atoms with E-state index in [1.54, 1.807) is 6.07 Å². The van der Waals surface area contributed by atoms with Crippen LogP contribution in [-0.2, 0) is 0 Å². The topological polar surface area (TPSA) is 52.4 Å². The second-order valence-corrected chi connectivity index (χ2v) is 5.01. The molecular formula is C12H16ClNO3S. The van der Waals surface area contributed by atoms with Gasteiger partial charge in [0.15, 0.2) is 5.75 Å². The summed E-state index contributed by atoms with van der Waals surface area (Å²) < 4.78 is 5.45. The number of nitro benzene ring substituents is 1. The van der Waals surface area contributed by atoms with Crippen molar-refractivity contribution in [3.63, 3.8) is 0 Å². The van der Waals surface area contributed by atoms with Gasteiger partial charge in [-0.2, -0.15) is 12.6 Å². The van der Waals surface area contributed by atoms with E-state index in [0.29, 0.717) is 17.5 Å². The monoisotopic (exact) mass is 289 g/mol. The van der Waals surface area contributed by atoms with Crippen molar-refractivity contribution in [1.82, 2.24) is 0 Å². The van der Waals surface area contributed by atoms with Gasteiger partial charge in [-0.15, -0.1) is 0 Å². The van der Waals surface area contributed by atoms with Gasteiger partial charge in [0.05, 0.1) is 11.5 Å². The summed E-state index contributed by atoms with van der Waals surface area (Å²) in [5.74, 6) is 1.60. The molecule has 1 unspecified atom stereocenters. The zero-order chi connectivity index (χ0) is 13.5. The fraction of sp³-hybridized carbons (Fsp3) is 0.500. The first-order valence-electron chi connectivity index (χ1n) is 5.72. The fourth-order valence-corrected chi connectivity index (χ4v) is 2.10. The number of hydrogen-bond donors (Lipinski definition) is 1. The van der Waals surface area contributed by atoms with Crippen LogP contribution in [0.3, 0.4) is 0 Å². The molecule has 0 aliphatic carbocycles. The Morgan fingerprint density at radius 3 is 2.83 bits per heavy atom. The smallest absolute Gasteiger partial charge is 0.312 e. The Labute approximate surface area is 117 Å². The number of ether oxygens (including phenoxy) is 1. The molecule has 0 aliphatic heterocycles. The van der Waals surface area contributed by atoms with Gasteiger partial charge in [0.25, 0.3) is 0 Å². The first-order chi connectivity index (χ1) is 8.54. The average molecular weight is 290 g/mol. The Morgan fingerprint density at radius 1 is 1.50 bits per heavy atom. The SMILES string of the molecule is CC(CCS)CCOc1ccc(Cl)cc1[N+](=O)[O-]. The number of hydrogen-bond acceptors (Lipinski definition) is 4. The highest BCUT2D eigenvalue weighted by molar-refractivity contribution is 7.80. The summed E-state index contributed by atoms with van der Waals surface area (Å²) in [6.07, 6.45) is 1.86. The number of nitro groups is 1. The first-order valence-corrected chi connectivity index (χ1v) is 6.73. The molecule has 1 aromatic carbocycles. The predicted molar refractivity (Wildman–Crippen MR) is 75.9 cm³/mol. The van der Waals surface area contributed by atoms with E-state index in [1.165, 1.54) is 12.1 Å². The van der Waals surface area contributed by atoms with Gasteiger partial charge in [0, 0.05) is 11.1 Å². The normalized spacial score (nSPS) is 12.2. The lowest BCUT2D eigenvalue weighted by atomic mass is 10.1. The van der Waals surface area contributed by atoms with Gasteiger partial charge >= 0.3 is 5.69 Å². The van der Waals surface area contributed by atoms with Gasteiger partial charge in [-0.25, -0.2) is 0 Å². The molecule has 0 saturated heterocycles. The molecular weight excluding hydrogens is 274 g/mol. The Morgan fingerprint density at radius 2 is 2.22 bits per heavy atom. The van der Waals surface area contributed by atoms with E-state index in [4.69, 9.17) is 16.3 Å². The van der Waals surface area contributed by atoms with Crippen LogP contribution in [0.4, 0.5) is 5.69 Å². The van der Waals surface area contributed by atoms with Crippen LogP contribution in [-0.4, -0.2) is 17.3 Å². The molecule has 18 heavy (non-hydrogen) atoms. The van der Waals surface area contributed by atoms with E-state index in [-0.39, 0.29) is 11.4 Å². The van der Waals surface area contributed by atoms with Crippen molar-refractivity contribution in [3.8, 4) is 5.75 Å². The third-order valence-corrected chi connectivity index (χ3v) is 3.10. The van der Waals surface area contributed by atoms with Crippen molar-refractivity contribution in [1.29, 1.82) is 0 Å². The minimum Gasteiger partial charge on any atom is -0.487 e. The third-order valence-electron chi connectivity index (χ3n) is 2.61. The van der Waals surface area contributed by atoms with Crippen molar-refractivity contribution >= 4 is 29.9 Å². The van der Waals surface area contributed by atoms with Crippen LogP contribution in [0.15, 0.2) is 18.2 Å². The van der Waals surface area contributed by atoms with Crippen LogP contribution < -0.4 is 4.74 Å². The number of halogens is 1. The molecule has 1 aromatic rings. The quantitative estimate of drug-likeness (QED) is 0.469. The number of rotatable bonds is 7. The van der Waals surface area contributed by atoms with Gasteiger partial charge in [-0.3, -0.25) is 10.1 Å². The van der Waals surface area contributed by atoms with Crippen molar-refractivity contribution in [2.75, 3.05) is 12.4 Å². The molecule has 0 aromatic heterocycles. The molecule has 0 heterocycles. The second-order valence-electron chi connectivity index (χ2n) is 4.12. The number of thiol groups is 1. The molecule has 0 bridgehead atoms. The van der Waals surface area contributed by atoms with E-state index in [2.05, 4.69) is 19.6 Å². The van der Waals surface area contributed by atoms with Gasteiger partial charge in [-0.1, -0.05) is 18.5 Å². The molecule has 4 nitrogen and oxygen atoms in total. The lowest BCUT2D eigenvalue weighted by Crippen LogP contribution is -2.06. The molecule has 1 atom stereocenters. The molecule has 0 amide bonds. The van der Waals surface area contributed by atoms with Crippen LogP contribution in [0.5, 0.6) is 5.75 Å². The summed E-state index contributed by atoms with van der Waals surface area (Å²) in [5.41, 5.74) is -0.0932. The first kappa shape index (κ1) is 15.1. The summed E-state index contributed by atoms with van der Waals surface area (Å²) in [4.78, 5) is 10.3. The molecule has 0 radical (unpaired) electrons. The van der Waals surface area contributed by atoms with Crippen LogP contribution in [0.1, 0.15) is 19.8 Å². The predicted octanol–water partition coefficient (Wildman–Crippen LogP) is 3.97. The largest absolute Gasteiger partial charge is 0.487 e. The molecule has 0 N–H and O–H groups in total. The maximum atomic E-state index is 10.8. The molecule has 0 saturated carbocycles. The Kier molecular flexibility index (Phi) is 6.29. The van der Waals surface area contributed by atoms with Crippen molar-refractivity contribution in [2.24, 2.45) is 5.92 Å². The summed E-state index contributed by atoms with van der Waals surface area (Å²) in [6, 6.07) is 4.42. The molecule has 0 fully saturated rings. The molecule has 100 valence electrons. The van der Waals surface area contributed by atoms with E-state index in [1.807, 2.05) is 0 Å². The average Bonchev–Trinajstić information content (AvgIpc) is 2.31. The zero-order valence-corrected chi connectivity index (χ0v) is 11.8. The zero-order valence-electron chi connectivity index (χ0n) is 10.1. The van der Waals surface area contributed by atoms with Gasteiger partial charge in [-0.05, 0) is 36.6 Å². The highest BCUT2D eigenvalue weighted by Crippen LogP contribution is 2.30. The van der Waals surface area contributed by atoms with Crippen molar-refractivity contribution in [2.45, 2.75) is 19.8 Å². The van der Waals surface area contributed by atoms with E-state index >= 15 is 0 Å². The third kappa shape index (κ3) is 4.74. The number of benzene rings is 1. The van der Waals surface area contributed by atoms with Crippen LogP contribution in [0.25, 0.3) is 0 Å². The minimum absolute atomic E-state index is 0.0932.